The summed E-state index contributed by atoms with van der Waals surface area (Å²) in [5.74, 6) is -0.161. The summed E-state index contributed by atoms with van der Waals surface area (Å²) in [6, 6.07) is 19.3. The van der Waals surface area contributed by atoms with Gasteiger partial charge in [0.25, 0.3) is 5.91 Å². The van der Waals surface area contributed by atoms with Crippen molar-refractivity contribution in [3.63, 3.8) is 0 Å². The molecule has 4 rings (SSSR count). The van der Waals surface area contributed by atoms with E-state index in [0.717, 1.165) is 36.5 Å². The van der Waals surface area contributed by atoms with E-state index in [9.17, 15) is 9.59 Å². The summed E-state index contributed by atoms with van der Waals surface area (Å²) in [5, 5.41) is 15.3. The summed E-state index contributed by atoms with van der Waals surface area (Å²) in [6.07, 6.45) is 2.64. The average Bonchev–Trinajstić information content (AvgIpc) is 3.31. The van der Waals surface area contributed by atoms with E-state index in [1.807, 2.05) is 53.4 Å². The molecule has 2 N–H and O–H groups in total. The van der Waals surface area contributed by atoms with Crippen molar-refractivity contribution < 1.29 is 9.59 Å². The van der Waals surface area contributed by atoms with Crippen molar-refractivity contribution >= 4 is 29.0 Å². The van der Waals surface area contributed by atoms with Crippen LogP contribution in [0.5, 0.6) is 0 Å². The maximum atomic E-state index is 12.6. The van der Waals surface area contributed by atoms with Gasteiger partial charge in [0.15, 0.2) is 0 Å². The zero-order chi connectivity index (χ0) is 21.5. The third kappa shape index (κ3) is 5.67. The Hall–Kier alpha value is -3.26. The third-order valence-electron chi connectivity index (χ3n) is 5.26. The second-order valence-electron chi connectivity index (χ2n) is 7.52. The van der Waals surface area contributed by atoms with Gasteiger partial charge in [-0.15, -0.1) is 10.2 Å². The highest BCUT2D eigenvalue weighted by Gasteiger charge is 2.28. The number of benzene rings is 2. The fourth-order valence-electron chi connectivity index (χ4n) is 3.63. The molecule has 7 nitrogen and oxygen atoms in total. The van der Waals surface area contributed by atoms with Crippen LogP contribution in [0.25, 0.3) is 0 Å². The largest absolute Gasteiger partial charge is 0.338 e. The van der Waals surface area contributed by atoms with Gasteiger partial charge >= 0.3 is 6.03 Å². The Morgan fingerprint density at radius 3 is 2.55 bits per heavy atom. The van der Waals surface area contributed by atoms with E-state index < -0.39 is 0 Å². The molecule has 160 valence electrons. The monoisotopic (exact) mass is 435 g/mol. The van der Waals surface area contributed by atoms with Crippen LogP contribution in [-0.2, 0) is 6.42 Å². The van der Waals surface area contributed by atoms with Crippen molar-refractivity contribution in [1.29, 1.82) is 0 Å². The number of para-hydroxylation sites is 1. The molecular weight excluding hydrogens is 410 g/mol. The summed E-state index contributed by atoms with van der Waals surface area (Å²) in [6.45, 7) is 1.92. The molecule has 0 unspecified atom stereocenters. The van der Waals surface area contributed by atoms with Crippen LogP contribution >= 0.6 is 11.3 Å². The molecule has 3 aromatic rings. The second kappa shape index (κ2) is 10.2. The number of carbonyl (C=O) groups is 2. The Balaban J connectivity index is 1.30. The molecular formula is C23H25N5O2S. The number of carbonyl (C=O) groups excluding carboxylic acids is 2. The highest BCUT2D eigenvalue weighted by molar-refractivity contribution is 7.13. The number of hydrogen-bond acceptors (Lipinski definition) is 5. The van der Waals surface area contributed by atoms with Gasteiger partial charge < -0.3 is 15.5 Å². The minimum absolute atomic E-state index is 0.0489. The van der Waals surface area contributed by atoms with Gasteiger partial charge in [-0.05, 0) is 37.0 Å². The molecule has 0 spiro atoms. The molecule has 1 aliphatic rings. The number of urea groups is 1. The maximum absolute atomic E-state index is 12.6. The predicted molar refractivity (Wildman–Crippen MR) is 121 cm³/mol. The van der Waals surface area contributed by atoms with Crippen molar-refractivity contribution in [2.75, 3.05) is 25.0 Å². The molecule has 1 aliphatic heterocycles. The average molecular weight is 436 g/mol. The van der Waals surface area contributed by atoms with Crippen LogP contribution in [0.15, 0.2) is 60.7 Å². The summed E-state index contributed by atoms with van der Waals surface area (Å²) >= 11 is 1.30. The highest BCUT2D eigenvalue weighted by atomic mass is 32.1. The molecule has 0 aliphatic carbocycles. The van der Waals surface area contributed by atoms with E-state index in [1.165, 1.54) is 16.9 Å². The first-order valence-corrected chi connectivity index (χ1v) is 11.3. The highest BCUT2D eigenvalue weighted by Crippen LogP contribution is 2.29. The SMILES string of the molecule is O=C(Nc1ccccc1)c1nnc([C@H]2CCCN(C(=O)NCCc3ccccc3)C2)s1. The lowest BCUT2D eigenvalue weighted by molar-refractivity contribution is 0.102. The summed E-state index contributed by atoms with van der Waals surface area (Å²) in [5.41, 5.74) is 1.93. The van der Waals surface area contributed by atoms with Gasteiger partial charge in [0.1, 0.15) is 5.01 Å². The van der Waals surface area contributed by atoms with E-state index in [1.54, 1.807) is 0 Å². The number of amides is 3. The topological polar surface area (TPSA) is 87.2 Å². The van der Waals surface area contributed by atoms with E-state index in [0.29, 0.717) is 18.1 Å². The molecule has 3 amide bonds. The van der Waals surface area contributed by atoms with E-state index in [2.05, 4.69) is 33.0 Å². The van der Waals surface area contributed by atoms with Crippen molar-refractivity contribution in [2.45, 2.75) is 25.2 Å². The number of rotatable bonds is 6. The van der Waals surface area contributed by atoms with Crippen LogP contribution in [0.2, 0.25) is 0 Å². The Morgan fingerprint density at radius 2 is 1.77 bits per heavy atom. The molecule has 2 heterocycles. The van der Waals surface area contributed by atoms with Gasteiger partial charge in [0.2, 0.25) is 5.01 Å². The molecule has 0 radical (unpaired) electrons. The number of likely N-dealkylation sites (tertiary alicyclic amines) is 1. The zero-order valence-corrected chi connectivity index (χ0v) is 18.0. The molecule has 1 fully saturated rings. The smallest absolute Gasteiger partial charge is 0.317 e. The normalized spacial score (nSPS) is 16.0. The summed E-state index contributed by atoms with van der Waals surface area (Å²) in [7, 11) is 0. The van der Waals surface area contributed by atoms with E-state index in [4.69, 9.17) is 0 Å². The maximum Gasteiger partial charge on any atom is 0.317 e. The standard InChI is InChI=1S/C23H25N5O2S/c29-20(25-19-11-5-2-6-12-19)22-27-26-21(31-22)18-10-7-15-28(16-18)23(30)24-14-13-17-8-3-1-4-9-17/h1-6,8-9,11-12,18H,7,10,13-16H2,(H,24,30)(H,25,29)/t18-/m0/s1. The van der Waals surface area contributed by atoms with Crippen LogP contribution in [0, 0.1) is 0 Å². The van der Waals surface area contributed by atoms with E-state index >= 15 is 0 Å². The predicted octanol–water partition coefficient (Wildman–Crippen LogP) is 3.92. The van der Waals surface area contributed by atoms with Crippen molar-refractivity contribution in [2.24, 2.45) is 0 Å². The first kappa shape index (κ1) is 21.0. The lowest BCUT2D eigenvalue weighted by Gasteiger charge is -2.31. The van der Waals surface area contributed by atoms with Gasteiger partial charge in [-0.3, -0.25) is 4.79 Å². The Morgan fingerprint density at radius 1 is 1.03 bits per heavy atom. The van der Waals surface area contributed by atoms with Gasteiger partial charge in [0.05, 0.1) is 0 Å². The minimum Gasteiger partial charge on any atom is -0.338 e. The summed E-state index contributed by atoms with van der Waals surface area (Å²) < 4.78 is 0. The van der Waals surface area contributed by atoms with Crippen molar-refractivity contribution in [3.05, 3.63) is 76.2 Å². The Labute approximate surface area is 185 Å². The van der Waals surface area contributed by atoms with Crippen LogP contribution in [0.4, 0.5) is 10.5 Å². The van der Waals surface area contributed by atoms with E-state index in [-0.39, 0.29) is 17.9 Å². The van der Waals surface area contributed by atoms with Crippen molar-refractivity contribution in [1.82, 2.24) is 20.4 Å². The quantitative estimate of drug-likeness (QED) is 0.614. The number of anilines is 1. The van der Waals surface area contributed by atoms with Crippen LogP contribution in [-0.4, -0.2) is 46.7 Å². The Bertz CT molecular complexity index is 1010. The number of hydrogen-bond donors (Lipinski definition) is 2. The zero-order valence-electron chi connectivity index (χ0n) is 17.2. The first-order chi connectivity index (χ1) is 15.2. The molecule has 31 heavy (non-hydrogen) atoms. The van der Waals surface area contributed by atoms with Gasteiger partial charge in [-0.25, -0.2) is 4.79 Å². The molecule has 1 aromatic heterocycles. The van der Waals surface area contributed by atoms with Gasteiger partial charge in [-0.1, -0.05) is 59.9 Å². The van der Waals surface area contributed by atoms with Crippen molar-refractivity contribution in [3.8, 4) is 0 Å². The Kier molecular flexibility index (Phi) is 6.89. The molecule has 1 atom stereocenters. The molecule has 0 saturated carbocycles. The molecule has 8 heteroatoms. The molecule has 2 aromatic carbocycles. The fourth-order valence-corrected chi connectivity index (χ4v) is 4.49. The van der Waals surface area contributed by atoms with Gasteiger partial charge in [0, 0.05) is 31.2 Å². The minimum atomic E-state index is -0.263. The number of nitrogens with zero attached hydrogens (tertiary/aromatic N) is 3. The third-order valence-corrected chi connectivity index (χ3v) is 6.34. The number of aromatic nitrogens is 2. The fraction of sp³-hybridized carbons (Fsp3) is 0.304. The first-order valence-electron chi connectivity index (χ1n) is 10.5. The lowest BCUT2D eigenvalue weighted by Crippen LogP contribution is -2.45. The van der Waals surface area contributed by atoms with Crippen LogP contribution < -0.4 is 10.6 Å². The molecule has 1 saturated heterocycles. The molecule has 0 bridgehead atoms. The lowest BCUT2D eigenvalue weighted by atomic mass is 9.99. The summed E-state index contributed by atoms with van der Waals surface area (Å²) in [4.78, 5) is 26.9. The number of nitrogens with one attached hydrogen (secondary N) is 2. The van der Waals surface area contributed by atoms with Gasteiger partial charge in [-0.2, -0.15) is 0 Å². The van der Waals surface area contributed by atoms with Crippen LogP contribution in [0.1, 0.15) is 39.1 Å². The second-order valence-corrected chi connectivity index (χ2v) is 8.53. The number of piperidine rings is 1. The van der Waals surface area contributed by atoms with Crippen LogP contribution in [0.3, 0.4) is 0 Å².